The second-order valence-electron chi connectivity index (χ2n) is 22.7. The number of aliphatic imine (C=N–C) groups is 1. The molecule has 3 fully saturated rings. The van der Waals surface area contributed by atoms with E-state index in [4.69, 9.17) is 24.8 Å². The maximum absolute atomic E-state index is 14.5. The van der Waals surface area contributed by atoms with Crippen molar-refractivity contribution in [2.45, 2.75) is 63.6 Å². The zero-order valence-corrected chi connectivity index (χ0v) is 56.5. The number of urea groups is 1. The molecule has 33 heteroatoms. The predicted octanol–water partition coefficient (Wildman–Crippen LogP) is -3.05. The van der Waals surface area contributed by atoms with Crippen LogP contribution in [0.25, 0.3) is 0 Å². The number of rotatable bonds is 31. The standard InChI is InChI=1S/C62H88N16O16.In/c1-2-48(80)65-21-24-70-62(93)74-61(64)69-20-9-14-46(58(90)71-36-41-15-17-44(79)18-16-41)73-60(92)53(42-10-4-3-5-11-42)43-12-8-13-45(34-43)94-33-7-6-19-66-54-55(57(89)56(54)88)67-22-23-68-59(91)47(35-63)72-49(81)37-75-25-27-76(38-50(82)83)29-31-78(40-52(86)87)32-30-77(28-26-75)39-51(84)85;/h3-5,8,10-13,15-18,34,46-47,53,66-67,79H,2,6-7,9,14,19-33,35-40,63H2,1H3,(H,65,80)(H,68,91)(H,71,90)(H,72,81)(H,73,92)(H,82,83)(H,84,85)(H,86,87)(H4,64,69,70,74,93);/q;+3/p-3/t46?,47-,53-;/m1./s1. The number of anilines is 2. The van der Waals surface area contributed by atoms with Crippen LogP contribution in [-0.2, 0) is 53.5 Å². The van der Waals surface area contributed by atoms with E-state index in [0.29, 0.717) is 101 Å². The van der Waals surface area contributed by atoms with E-state index in [1.807, 2.05) is 25.7 Å². The average molecular weight is 1430 g/mol. The van der Waals surface area contributed by atoms with Crippen molar-refractivity contribution in [3.8, 4) is 11.5 Å². The summed E-state index contributed by atoms with van der Waals surface area (Å²) >= 11 is -4.30. The fraction of sp³-hybridized carbons (Fsp3) is 0.484. The molecule has 4 aromatic carbocycles. The van der Waals surface area contributed by atoms with E-state index in [-0.39, 0.29) is 120 Å². The molecule has 3 heterocycles. The summed E-state index contributed by atoms with van der Waals surface area (Å²) in [4.78, 5) is 154. The van der Waals surface area contributed by atoms with E-state index in [2.05, 4.69) is 52.8 Å². The van der Waals surface area contributed by atoms with Crippen LogP contribution >= 0.6 is 0 Å². The number of phenolic OH excluding ortho intramolecular Hbond substituents is 1. The SMILES string of the molecule is CCC(=O)NCCNC(=O)NC(N)=NCCCC(NC(=O)[C@H](c1ccccc1)c1cccc(OCCCCNc2c(NCCNC(=O)[C@@H](CN)NC(=O)CN3CCN4CCN5CCN(CC3)CC(=O)[O][In]([O]C(=O)C4)[O]C(=O)C5)c(=O)c2=O)c1)C(=O)NCc1ccc(O)cc1. The number of benzene rings is 3. The minimum Gasteiger partial charge on any atom is -0.508 e. The van der Waals surface area contributed by atoms with E-state index in [0.717, 1.165) is 0 Å². The molecule has 3 unspecified atom stereocenters. The molecule has 3 aliphatic rings. The van der Waals surface area contributed by atoms with Gasteiger partial charge in [0.05, 0.1) is 12.5 Å². The van der Waals surface area contributed by atoms with Gasteiger partial charge in [-0.1, -0.05) is 61.5 Å². The van der Waals surface area contributed by atoms with Crippen molar-refractivity contribution in [2.75, 3.05) is 142 Å². The van der Waals surface area contributed by atoms with Gasteiger partial charge in [0.2, 0.25) is 17.7 Å². The molecule has 0 saturated carbocycles. The van der Waals surface area contributed by atoms with Gasteiger partial charge in [-0.25, -0.2) is 4.79 Å². The first-order valence-corrected chi connectivity index (χ1v) is 35.7. The smallest absolute Gasteiger partial charge is 0.253 e. The molecular weight excluding hydrogens is 1340 g/mol. The number of amides is 7. The van der Waals surface area contributed by atoms with Crippen molar-refractivity contribution < 1.29 is 61.6 Å². The third-order valence-corrected chi connectivity index (χ3v) is 19.5. The van der Waals surface area contributed by atoms with Gasteiger partial charge in [-0.05, 0) is 66.6 Å². The number of hydrogen-bond donors (Lipinski definition) is 12. The average Bonchev–Trinajstić information content (AvgIpc) is 1.02. The van der Waals surface area contributed by atoms with Crippen LogP contribution in [0.3, 0.4) is 0 Å². The largest absolute Gasteiger partial charge is 0.508 e. The van der Waals surface area contributed by atoms with Gasteiger partial charge in [0.15, 0.2) is 5.96 Å². The summed E-state index contributed by atoms with van der Waals surface area (Å²) in [6, 6.07) is 19.6. The molecular formula is C62H85InN16O16. The van der Waals surface area contributed by atoms with Crippen LogP contribution < -0.4 is 74.9 Å². The molecule has 14 N–H and O–H groups in total. The van der Waals surface area contributed by atoms with Crippen LogP contribution in [0, 0.1) is 0 Å². The van der Waals surface area contributed by atoms with Gasteiger partial charge in [0.1, 0.15) is 28.9 Å². The zero-order chi connectivity index (χ0) is 68.1. The molecule has 4 bridgehead atoms. The Morgan fingerprint density at radius 1 is 0.621 bits per heavy atom. The van der Waals surface area contributed by atoms with Crippen molar-refractivity contribution in [3.05, 3.63) is 116 Å². The number of carbonyl (C=O) groups is 9. The number of aromatic hydroxyl groups is 1. The van der Waals surface area contributed by atoms with Gasteiger partial charge >= 0.3 is 202 Å². The summed E-state index contributed by atoms with van der Waals surface area (Å²) in [7, 11) is 0. The number of guanidine groups is 1. The Labute approximate surface area is 558 Å². The van der Waals surface area contributed by atoms with E-state index in [1.54, 1.807) is 67.6 Å². The number of phenols is 1. The maximum Gasteiger partial charge on any atom is 0.253 e. The van der Waals surface area contributed by atoms with E-state index >= 15 is 0 Å². The molecule has 3 saturated heterocycles. The van der Waals surface area contributed by atoms with E-state index in [1.165, 1.54) is 12.1 Å². The van der Waals surface area contributed by atoms with E-state index < -0.39 is 99.2 Å². The van der Waals surface area contributed by atoms with Crippen molar-refractivity contribution in [3.63, 3.8) is 0 Å². The number of nitrogens with two attached hydrogens (primary N) is 2. The first-order chi connectivity index (χ1) is 45.8. The number of ether oxygens (including phenoxy) is 1. The summed E-state index contributed by atoms with van der Waals surface area (Å²) in [5.74, 6) is -4.66. The molecule has 3 aliphatic heterocycles. The number of nitrogens with one attached hydrogen (secondary N) is 9. The number of hydrogen-bond acceptors (Lipinski definition) is 24. The minimum atomic E-state index is -4.30. The molecule has 0 radical (unpaired) electrons. The summed E-state index contributed by atoms with van der Waals surface area (Å²) in [5.41, 5.74) is 12.6. The Kier molecular flexibility index (Phi) is 29.8. The molecule has 5 atom stereocenters. The van der Waals surface area contributed by atoms with Crippen molar-refractivity contribution >= 4 is 93.6 Å². The van der Waals surface area contributed by atoms with Crippen LogP contribution in [0.4, 0.5) is 16.2 Å². The second kappa shape index (κ2) is 38.5. The molecule has 32 nitrogen and oxygen atoms in total. The summed E-state index contributed by atoms with van der Waals surface area (Å²) in [6.45, 7) is 5.26. The molecule has 0 aliphatic carbocycles. The number of nitrogens with zero attached hydrogens (tertiary/aromatic N) is 5. The number of carbonyl (C=O) groups excluding carboxylic acids is 9. The van der Waals surface area contributed by atoms with Crippen LogP contribution in [0.2, 0.25) is 0 Å². The van der Waals surface area contributed by atoms with Crippen LogP contribution in [0.5, 0.6) is 11.5 Å². The maximum atomic E-state index is 14.5. The molecule has 7 rings (SSSR count). The summed E-state index contributed by atoms with van der Waals surface area (Å²) < 4.78 is 22.4. The Morgan fingerprint density at radius 2 is 1.20 bits per heavy atom. The van der Waals surface area contributed by atoms with Gasteiger partial charge < -0.3 is 58.5 Å². The quantitative estimate of drug-likeness (QED) is 0.0103. The van der Waals surface area contributed by atoms with Crippen molar-refractivity contribution in [2.24, 2.45) is 16.5 Å². The molecule has 512 valence electrons. The summed E-state index contributed by atoms with van der Waals surface area (Å²) in [5, 5.41) is 34.6. The van der Waals surface area contributed by atoms with Gasteiger partial charge in [-0.3, -0.25) is 39.1 Å². The Morgan fingerprint density at radius 3 is 1.82 bits per heavy atom. The van der Waals surface area contributed by atoms with Crippen molar-refractivity contribution in [1.82, 2.24) is 56.8 Å². The van der Waals surface area contributed by atoms with Crippen LogP contribution in [-0.4, -0.2) is 250 Å². The van der Waals surface area contributed by atoms with Crippen molar-refractivity contribution in [1.29, 1.82) is 0 Å². The number of unbranched alkanes of at least 4 members (excludes halogenated alkanes) is 1. The number of fused-ring (bicyclic) bond motifs is 7. The Balaban J connectivity index is 0.859. The molecule has 0 spiro atoms. The first kappa shape index (κ1) is 73.5. The van der Waals surface area contributed by atoms with Gasteiger partial charge in [-0.2, -0.15) is 0 Å². The van der Waals surface area contributed by atoms with Crippen LogP contribution in [0.1, 0.15) is 61.6 Å². The molecule has 4 aromatic rings. The normalized spacial score (nSPS) is 18.0. The monoisotopic (exact) mass is 1420 g/mol. The fourth-order valence-corrected chi connectivity index (χ4v) is 13.3. The second-order valence-corrected chi connectivity index (χ2v) is 26.3. The Bertz CT molecular complexity index is 3320. The van der Waals surface area contributed by atoms with Gasteiger partial charge in [-0.15, -0.1) is 0 Å². The summed E-state index contributed by atoms with van der Waals surface area (Å²) in [6.07, 6.45) is 1.77. The molecule has 7 amide bonds. The third kappa shape index (κ3) is 24.8. The Hall–Kier alpha value is -8.89. The van der Waals surface area contributed by atoms with Gasteiger partial charge in [0, 0.05) is 52.2 Å². The van der Waals surface area contributed by atoms with Crippen LogP contribution in [0.15, 0.2) is 93.4 Å². The molecule has 0 aromatic heterocycles. The third-order valence-electron chi connectivity index (χ3n) is 15.6. The fourth-order valence-electron chi connectivity index (χ4n) is 10.4. The zero-order valence-electron chi connectivity index (χ0n) is 53.2. The van der Waals surface area contributed by atoms with Gasteiger partial charge in [0.25, 0.3) is 10.9 Å². The first-order valence-electron chi connectivity index (χ1n) is 31.7. The van der Waals surface area contributed by atoms with E-state index in [9.17, 15) is 57.8 Å². The topological polar surface area (TPSA) is 431 Å². The molecule has 95 heavy (non-hydrogen) atoms. The predicted molar refractivity (Wildman–Crippen MR) is 349 cm³/mol. The minimum absolute atomic E-state index is 0.00512.